The number of aromatic carboxylic acids is 1. The molecule has 5 heteroatoms. The lowest BCUT2D eigenvalue weighted by molar-refractivity contribution is -0.871. The van der Waals surface area contributed by atoms with Crippen LogP contribution in [0.15, 0.2) is 30.3 Å². The molecule has 0 aliphatic rings. The van der Waals surface area contributed by atoms with Crippen LogP contribution in [0.2, 0.25) is 0 Å². The molecule has 0 heterocycles. The van der Waals surface area contributed by atoms with E-state index in [0.29, 0.717) is 6.61 Å². The third-order valence-corrected chi connectivity index (χ3v) is 2.89. The summed E-state index contributed by atoms with van der Waals surface area (Å²) >= 11 is 0. The first-order valence-corrected chi connectivity index (χ1v) is 7.62. The second-order valence-electron chi connectivity index (χ2n) is 6.14. The maximum absolute atomic E-state index is 10.1. The van der Waals surface area contributed by atoms with Crippen molar-refractivity contribution in [2.24, 2.45) is 0 Å². The number of likely N-dealkylation sites (N-methyl/N-ethyl adjacent to an activating group) is 1. The fourth-order valence-corrected chi connectivity index (χ4v) is 1.50. The lowest BCUT2D eigenvalue weighted by Gasteiger charge is -2.24. The largest absolute Gasteiger partial charge is 0.545 e. The van der Waals surface area contributed by atoms with Crippen molar-refractivity contribution in [3.63, 3.8) is 0 Å². The summed E-state index contributed by atoms with van der Waals surface area (Å²) in [4.78, 5) is 10.1. The Morgan fingerprint density at radius 3 is 2.27 bits per heavy atom. The number of quaternary nitrogens is 1. The highest BCUT2D eigenvalue weighted by Crippen LogP contribution is 2.02. The molecule has 0 bridgehead atoms. The van der Waals surface area contributed by atoms with Crippen LogP contribution in [0.5, 0.6) is 0 Å². The number of aliphatic hydroxyl groups excluding tert-OH is 1. The number of hydrogen-bond donors (Lipinski definition) is 1. The molecule has 0 saturated heterocycles. The van der Waals surface area contributed by atoms with E-state index in [9.17, 15) is 15.0 Å². The fraction of sp³-hybridized carbons (Fsp3) is 0.588. The average molecular weight is 311 g/mol. The minimum Gasteiger partial charge on any atom is -0.545 e. The van der Waals surface area contributed by atoms with Crippen molar-refractivity contribution in [2.75, 3.05) is 34.3 Å². The van der Waals surface area contributed by atoms with Gasteiger partial charge in [-0.3, -0.25) is 0 Å². The van der Waals surface area contributed by atoms with Crippen molar-refractivity contribution in [1.29, 1.82) is 0 Å². The molecular formula is C17H29NO4. The van der Waals surface area contributed by atoms with Crippen LogP contribution in [-0.2, 0) is 4.74 Å². The van der Waals surface area contributed by atoms with Crippen molar-refractivity contribution < 1.29 is 24.2 Å². The molecule has 22 heavy (non-hydrogen) atoms. The molecule has 0 aromatic heterocycles. The monoisotopic (exact) mass is 311 g/mol. The SMILES string of the molecule is CCCCC(O)OCC[N+](C)(C)C.O=C([O-])c1ccccc1. The molecular weight excluding hydrogens is 282 g/mol. The minimum atomic E-state index is -1.13. The van der Waals surface area contributed by atoms with E-state index in [1.165, 1.54) is 12.1 Å². The quantitative estimate of drug-likeness (QED) is 0.580. The van der Waals surface area contributed by atoms with Gasteiger partial charge in [0.25, 0.3) is 0 Å². The van der Waals surface area contributed by atoms with Crippen molar-refractivity contribution in [3.8, 4) is 0 Å². The van der Waals surface area contributed by atoms with Gasteiger partial charge in [0.2, 0.25) is 0 Å². The number of unbranched alkanes of at least 4 members (excludes halogenated alkanes) is 1. The summed E-state index contributed by atoms with van der Waals surface area (Å²) in [7, 11) is 6.34. The molecule has 0 spiro atoms. The molecule has 0 fully saturated rings. The smallest absolute Gasteiger partial charge is 0.154 e. The summed E-state index contributed by atoms with van der Waals surface area (Å²) in [5.74, 6) is -1.13. The number of hydrogen-bond acceptors (Lipinski definition) is 4. The summed E-state index contributed by atoms with van der Waals surface area (Å²) in [6.07, 6.45) is 2.33. The summed E-state index contributed by atoms with van der Waals surface area (Å²) < 4.78 is 6.14. The minimum absolute atomic E-state index is 0.220. The number of benzene rings is 1. The fourth-order valence-electron chi connectivity index (χ4n) is 1.50. The number of ether oxygens (including phenoxy) is 1. The molecule has 0 amide bonds. The molecule has 0 aliphatic carbocycles. The van der Waals surface area contributed by atoms with E-state index in [1.807, 2.05) is 0 Å². The second kappa shape index (κ2) is 11.2. The zero-order valence-corrected chi connectivity index (χ0v) is 14.1. The number of carbonyl (C=O) groups is 1. The van der Waals surface area contributed by atoms with Crippen LogP contribution in [0, 0.1) is 0 Å². The number of carboxylic acid groups (broad SMARTS) is 1. The summed E-state index contributed by atoms with van der Waals surface area (Å²) in [6, 6.07) is 8.06. The van der Waals surface area contributed by atoms with Crippen LogP contribution in [-0.4, -0.2) is 56.1 Å². The molecule has 0 aliphatic heterocycles. The van der Waals surface area contributed by atoms with Gasteiger partial charge in [-0.15, -0.1) is 0 Å². The molecule has 1 rings (SSSR count). The first-order valence-electron chi connectivity index (χ1n) is 7.62. The van der Waals surface area contributed by atoms with Crippen LogP contribution in [0.3, 0.4) is 0 Å². The molecule has 1 unspecified atom stereocenters. The number of rotatable bonds is 8. The predicted octanol–water partition coefficient (Wildman–Crippen LogP) is 1.27. The second-order valence-corrected chi connectivity index (χ2v) is 6.14. The van der Waals surface area contributed by atoms with Gasteiger partial charge in [-0.05, 0) is 18.4 Å². The molecule has 1 atom stereocenters. The van der Waals surface area contributed by atoms with Gasteiger partial charge in [0, 0.05) is 0 Å². The van der Waals surface area contributed by atoms with E-state index in [4.69, 9.17) is 4.74 Å². The molecule has 0 radical (unpaired) electrons. The highest BCUT2D eigenvalue weighted by molar-refractivity contribution is 5.85. The maximum atomic E-state index is 10.1. The van der Waals surface area contributed by atoms with Crippen molar-refractivity contribution >= 4 is 5.97 Å². The van der Waals surface area contributed by atoms with Gasteiger partial charge in [-0.1, -0.05) is 43.7 Å². The Balaban J connectivity index is 0.000000425. The third kappa shape index (κ3) is 12.3. The zero-order valence-electron chi connectivity index (χ0n) is 14.1. The first kappa shape index (κ1) is 20.6. The van der Waals surface area contributed by atoms with Gasteiger partial charge in [0.15, 0.2) is 6.29 Å². The number of aliphatic hydroxyl groups is 1. The highest BCUT2D eigenvalue weighted by atomic mass is 16.6. The first-order chi connectivity index (χ1) is 10.3. The molecule has 1 aromatic rings. The van der Waals surface area contributed by atoms with Crippen LogP contribution in [0.4, 0.5) is 0 Å². The maximum Gasteiger partial charge on any atom is 0.154 e. The van der Waals surface area contributed by atoms with E-state index in [0.717, 1.165) is 30.3 Å². The van der Waals surface area contributed by atoms with Gasteiger partial charge in [0.1, 0.15) is 6.54 Å². The summed E-state index contributed by atoms with van der Waals surface area (Å²) in [5, 5.41) is 19.4. The summed E-state index contributed by atoms with van der Waals surface area (Å²) in [5.41, 5.74) is 0.220. The van der Waals surface area contributed by atoms with Gasteiger partial charge in [0.05, 0.1) is 33.7 Å². The standard InChI is InChI=1S/C10H24NO2.C7H6O2/c1-5-6-7-10(12)13-9-8-11(2,3)4;8-7(9)6-4-2-1-3-5-6/h10,12H,5-9H2,1-4H3;1-5H,(H,8,9)/q+1;/p-1. The molecule has 126 valence electrons. The Morgan fingerprint density at radius 2 is 1.86 bits per heavy atom. The van der Waals surface area contributed by atoms with Crippen molar-refractivity contribution in [3.05, 3.63) is 35.9 Å². The van der Waals surface area contributed by atoms with Crippen molar-refractivity contribution in [2.45, 2.75) is 32.5 Å². The van der Waals surface area contributed by atoms with Crippen LogP contribution < -0.4 is 5.11 Å². The lowest BCUT2D eigenvalue weighted by Crippen LogP contribution is -2.38. The Morgan fingerprint density at radius 1 is 1.27 bits per heavy atom. The lowest BCUT2D eigenvalue weighted by atomic mass is 10.2. The zero-order chi connectivity index (χ0) is 17.0. The van der Waals surface area contributed by atoms with Crippen LogP contribution in [0.25, 0.3) is 0 Å². The van der Waals surface area contributed by atoms with E-state index in [1.54, 1.807) is 18.2 Å². The Hall–Kier alpha value is -1.43. The molecule has 1 N–H and O–H groups in total. The van der Waals surface area contributed by atoms with Crippen molar-refractivity contribution in [1.82, 2.24) is 0 Å². The molecule has 5 nitrogen and oxygen atoms in total. The number of carbonyl (C=O) groups excluding carboxylic acids is 1. The number of nitrogens with zero attached hydrogens (tertiary/aromatic N) is 1. The number of carboxylic acids is 1. The van der Waals surface area contributed by atoms with Crippen LogP contribution >= 0.6 is 0 Å². The highest BCUT2D eigenvalue weighted by Gasteiger charge is 2.08. The topological polar surface area (TPSA) is 69.6 Å². The molecule has 0 saturated carbocycles. The predicted molar refractivity (Wildman–Crippen MR) is 85.2 cm³/mol. The van der Waals surface area contributed by atoms with Gasteiger partial charge in [-0.25, -0.2) is 0 Å². The Bertz CT molecular complexity index is 401. The van der Waals surface area contributed by atoms with E-state index in [2.05, 4.69) is 28.1 Å². The van der Waals surface area contributed by atoms with E-state index >= 15 is 0 Å². The summed E-state index contributed by atoms with van der Waals surface area (Å²) in [6.45, 7) is 3.68. The van der Waals surface area contributed by atoms with Gasteiger partial charge >= 0.3 is 0 Å². The van der Waals surface area contributed by atoms with E-state index in [-0.39, 0.29) is 5.56 Å². The normalized spacial score (nSPS) is 12.2. The van der Waals surface area contributed by atoms with Crippen LogP contribution in [0.1, 0.15) is 36.5 Å². The Labute approximate surface area is 133 Å². The molecule has 1 aromatic carbocycles. The average Bonchev–Trinajstić information content (AvgIpc) is 2.45. The van der Waals surface area contributed by atoms with Gasteiger partial charge in [-0.2, -0.15) is 0 Å². The van der Waals surface area contributed by atoms with Gasteiger partial charge < -0.3 is 24.2 Å². The third-order valence-electron chi connectivity index (χ3n) is 2.89. The van der Waals surface area contributed by atoms with E-state index < -0.39 is 12.3 Å². The Kier molecular flexibility index (Phi) is 10.5.